The van der Waals surface area contributed by atoms with Gasteiger partial charge >= 0.3 is 0 Å². The quantitative estimate of drug-likeness (QED) is 0.480. The van der Waals surface area contributed by atoms with Crippen molar-refractivity contribution in [2.24, 2.45) is 0 Å². The van der Waals surface area contributed by atoms with Crippen LogP contribution >= 0.6 is 15.9 Å². The summed E-state index contributed by atoms with van der Waals surface area (Å²) in [6, 6.07) is 7.95. The molecule has 29 heavy (non-hydrogen) atoms. The summed E-state index contributed by atoms with van der Waals surface area (Å²) >= 11 is 3.09. The van der Waals surface area contributed by atoms with Gasteiger partial charge in [0.25, 0.3) is 0 Å². The van der Waals surface area contributed by atoms with Gasteiger partial charge in [-0.25, -0.2) is 8.78 Å². The number of hydrogen-bond acceptors (Lipinski definition) is 5. The summed E-state index contributed by atoms with van der Waals surface area (Å²) < 4.78 is 48.2. The second-order valence-electron chi connectivity index (χ2n) is 5.29. The fourth-order valence-electron chi connectivity index (χ4n) is 2.24. The van der Waals surface area contributed by atoms with E-state index in [1.165, 1.54) is 12.1 Å². The van der Waals surface area contributed by atoms with E-state index >= 15 is 0 Å². The Balaban J connectivity index is 0.000000291. The average molecular weight is 472 g/mol. The Bertz CT molecular complexity index is 840. The summed E-state index contributed by atoms with van der Waals surface area (Å²) in [6.45, 7) is 8.83. The van der Waals surface area contributed by atoms with Crippen LogP contribution in [0.1, 0.15) is 33.3 Å². The van der Waals surface area contributed by atoms with E-state index in [0.717, 1.165) is 0 Å². The van der Waals surface area contributed by atoms with Gasteiger partial charge in [-0.3, -0.25) is 0 Å². The molecule has 0 saturated heterocycles. The number of ether oxygens (including phenoxy) is 4. The van der Waals surface area contributed by atoms with Crippen LogP contribution in [-0.2, 0) is 0 Å². The molecular formula is C21H24BrF2NO4. The molecule has 0 fully saturated rings. The van der Waals surface area contributed by atoms with Crippen molar-refractivity contribution < 1.29 is 27.7 Å². The maximum absolute atomic E-state index is 13.6. The van der Waals surface area contributed by atoms with E-state index in [1.54, 1.807) is 39.0 Å². The molecule has 0 aromatic heterocycles. The molecule has 0 aliphatic heterocycles. The van der Waals surface area contributed by atoms with Gasteiger partial charge < -0.3 is 18.9 Å². The SMILES string of the molecule is CCOc1ccc(Br)c(F)c1OCC.CCOc1ccc(C#N)c(F)c1OCC. The van der Waals surface area contributed by atoms with E-state index in [1.807, 2.05) is 6.92 Å². The van der Waals surface area contributed by atoms with Crippen molar-refractivity contribution in [2.75, 3.05) is 26.4 Å². The van der Waals surface area contributed by atoms with Crippen molar-refractivity contribution >= 4 is 15.9 Å². The Morgan fingerprint density at radius 1 is 0.759 bits per heavy atom. The molecule has 0 atom stereocenters. The van der Waals surface area contributed by atoms with Crippen LogP contribution in [0.3, 0.4) is 0 Å². The van der Waals surface area contributed by atoms with E-state index in [4.69, 9.17) is 24.2 Å². The van der Waals surface area contributed by atoms with Crippen molar-refractivity contribution in [2.45, 2.75) is 27.7 Å². The molecule has 158 valence electrons. The van der Waals surface area contributed by atoms with Crippen LogP contribution in [-0.4, -0.2) is 26.4 Å². The molecule has 0 spiro atoms. The van der Waals surface area contributed by atoms with E-state index < -0.39 is 11.6 Å². The zero-order chi connectivity index (χ0) is 21.8. The van der Waals surface area contributed by atoms with Crippen LogP contribution in [0.15, 0.2) is 28.7 Å². The van der Waals surface area contributed by atoms with Crippen LogP contribution in [0.25, 0.3) is 0 Å². The molecule has 0 unspecified atom stereocenters. The molecule has 0 saturated carbocycles. The largest absolute Gasteiger partial charge is 0.490 e. The lowest BCUT2D eigenvalue weighted by molar-refractivity contribution is 0.275. The van der Waals surface area contributed by atoms with Gasteiger partial charge in [-0.1, -0.05) is 0 Å². The zero-order valence-electron chi connectivity index (χ0n) is 16.9. The fourth-order valence-corrected chi connectivity index (χ4v) is 2.55. The summed E-state index contributed by atoms with van der Waals surface area (Å²) in [5.74, 6) is -0.129. The Morgan fingerprint density at radius 3 is 1.66 bits per heavy atom. The van der Waals surface area contributed by atoms with E-state index in [9.17, 15) is 8.78 Å². The molecule has 0 aliphatic rings. The highest BCUT2D eigenvalue weighted by Gasteiger charge is 2.15. The van der Waals surface area contributed by atoms with E-state index in [-0.39, 0.29) is 17.1 Å². The number of nitriles is 1. The van der Waals surface area contributed by atoms with Crippen LogP contribution in [0.5, 0.6) is 23.0 Å². The molecule has 2 rings (SSSR count). The van der Waals surface area contributed by atoms with Crippen molar-refractivity contribution in [1.29, 1.82) is 5.26 Å². The summed E-state index contributed by atoms with van der Waals surface area (Å²) in [5, 5.41) is 8.65. The highest BCUT2D eigenvalue weighted by molar-refractivity contribution is 9.10. The molecule has 0 aliphatic carbocycles. The predicted molar refractivity (Wildman–Crippen MR) is 110 cm³/mol. The minimum atomic E-state index is -0.662. The molecule has 5 nitrogen and oxygen atoms in total. The Kier molecular flexibility index (Phi) is 10.8. The third-order valence-corrected chi connectivity index (χ3v) is 3.98. The van der Waals surface area contributed by atoms with Gasteiger partial charge in [0.1, 0.15) is 6.07 Å². The Labute approximate surface area is 178 Å². The molecule has 0 heterocycles. The molecule has 0 radical (unpaired) electrons. The maximum Gasteiger partial charge on any atom is 0.198 e. The summed E-state index contributed by atoms with van der Waals surface area (Å²) in [6.07, 6.45) is 0. The molecule has 8 heteroatoms. The molecular weight excluding hydrogens is 448 g/mol. The normalized spacial score (nSPS) is 9.72. The topological polar surface area (TPSA) is 60.7 Å². The minimum Gasteiger partial charge on any atom is -0.490 e. The maximum atomic E-state index is 13.6. The van der Waals surface area contributed by atoms with Gasteiger partial charge in [0, 0.05) is 0 Å². The van der Waals surface area contributed by atoms with Crippen LogP contribution in [0, 0.1) is 23.0 Å². The third kappa shape index (κ3) is 6.79. The Morgan fingerprint density at radius 2 is 1.21 bits per heavy atom. The van der Waals surface area contributed by atoms with Gasteiger partial charge in [0.05, 0.1) is 36.5 Å². The van der Waals surface area contributed by atoms with Crippen molar-refractivity contribution in [3.63, 3.8) is 0 Å². The van der Waals surface area contributed by atoms with Gasteiger partial charge in [-0.05, 0) is 67.9 Å². The van der Waals surface area contributed by atoms with Crippen molar-refractivity contribution in [3.05, 3.63) is 45.9 Å². The number of halogens is 3. The van der Waals surface area contributed by atoms with Crippen molar-refractivity contribution in [1.82, 2.24) is 0 Å². The van der Waals surface area contributed by atoms with Gasteiger partial charge in [-0.15, -0.1) is 0 Å². The highest BCUT2D eigenvalue weighted by atomic mass is 79.9. The van der Waals surface area contributed by atoms with Crippen LogP contribution in [0.2, 0.25) is 0 Å². The summed E-state index contributed by atoms with van der Waals surface area (Å²) in [7, 11) is 0. The lowest BCUT2D eigenvalue weighted by atomic mass is 10.2. The molecule has 0 N–H and O–H groups in total. The third-order valence-electron chi connectivity index (χ3n) is 3.37. The van der Waals surface area contributed by atoms with Crippen molar-refractivity contribution in [3.8, 4) is 29.1 Å². The Hall–Kier alpha value is -2.53. The van der Waals surface area contributed by atoms with Crippen LogP contribution in [0.4, 0.5) is 8.78 Å². The monoisotopic (exact) mass is 471 g/mol. The molecule has 0 bridgehead atoms. The highest BCUT2D eigenvalue weighted by Crippen LogP contribution is 2.35. The smallest absolute Gasteiger partial charge is 0.198 e. The first kappa shape index (κ1) is 24.5. The first-order valence-electron chi connectivity index (χ1n) is 9.16. The lowest BCUT2D eigenvalue weighted by Gasteiger charge is -2.11. The lowest BCUT2D eigenvalue weighted by Crippen LogP contribution is -2.01. The van der Waals surface area contributed by atoms with Gasteiger partial charge in [0.15, 0.2) is 34.6 Å². The predicted octanol–water partition coefficient (Wildman–Crippen LogP) is 5.88. The van der Waals surface area contributed by atoms with Gasteiger partial charge in [-0.2, -0.15) is 5.26 Å². The summed E-state index contributed by atoms with van der Waals surface area (Å²) in [4.78, 5) is 0. The molecule has 2 aromatic rings. The molecule has 2 aromatic carbocycles. The first-order valence-corrected chi connectivity index (χ1v) is 9.95. The standard InChI is InChI=1S/C11H12FNO2.C10H12BrFO2/c1-3-14-9-6-5-8(7-13)10(12)11(9)15-4-2;1-3-13-8-6-5-7(11)9(12)10(8)14-4-2/h5-6H,3-4H2,1-2H3;5-6H,3-4H2,1-2H3. The van der Waals surface area contributed by atoms with E-state index in [2.05, 4.69) is 15.9 Å². The molecule has 0 amide bonds. The second-order valence-corrected chi connectivity index (χ2v) is 6.14. The number of nitrogens with zero attached hydrogens (tertiary/aromatic N) is 1. The van der Waals surface area contributed by atoms with Gasteiger partial charge in [0.2, 0.25) is 0 Å². The fraction of sp³-hybridized carbons (Fsp3) is 0.381. The van der Waals surface area contributed by atoms with Crippen LogP contribution < -0.4 is 18.9 Å². The minimum absolute atomic E-state index is 0.0124. The van der Waals surface area contributed by atoms with E-state index in [0.29, 0.717) is 42.4 Å². The number of benzene rings is 2. The number of hydrogen-bond donors (Lipinski definition) is 0. The number of rotatable bonds is 8. The summed E-state index contributed by atoms with van der Waals surface area (Å²) in [5.41, 5.74) is -0.0399. The average Bonchev–Trinajstić information content (AvgIpc) is 2.71. The second kappa shape index (κ2) is 12.8. The first-order chi connectivity index (χ1) is 13.9. The zero-order valence-corrected chi connectivity index (χ0v) is 18.4.